The molecule has 27 heavy (non-hydrogen) atoms. The highest BCUT2D eigenvalue weighted by molar-refractivity contribution is 7.10. The first-order valence-corrected chi connectivity index (χ1v) is 9.33. The van der Waals surface area contributed by atoms with Gasteiger partial charge in [0.1, 0.15) is 11.5 Å². The SMILES string of the molecule is COCCN1C(=O)C(=O)/C(=C(/O)c2ccc(OC)c(C)c2)[C@@H]1c1cccs1. The van der Waals surface area contributed by atoms with E-state index in [1.54, 1.807) is 25.3 Å². The molecule has 1 saturated heterocycles. The van der Waals surface area contributed by atoms with Crippen molar-refractivity contribution in [1.29, 1.82) is 0 Å². The summed E-state index contributed by atoms with van der Waals surface area (Å²) in [4.78, 5) is 27.6. The number of Topliss-reactive ketones (excluding diaryl/α,β-unsaturated/α-hetero) is 1. The third-order valence-corrected chi connectivity index (χ3v) is 5.48. The molecule has 1 atom stereocenters. The fraction of sp³-hybridized carbons (Fsp3) is 0.300. The molecule has 1 N–H and O–H groups in total. The van der Waals surface area contributed by atoms with Crippen molar-refractivity contribution in [1.82, 2.24) is 4.90 Å². The van der Waals surface area contributed by atoms with Crippen LogP contribution in [-0.2, 0) is 14.3 Å². The van der Waals surface area contributed by atoms with Gasteiger partial charge in [-0.15, -0.1) is 11.3 Å². The van der Waals surface area contributed by atoms with Gasteiger partial charge in [-0.3, -0.25) is 9.59 Å². The van der Waals surface area contributed by atoms with Crippen LogP contribution in [-0.4, -0.2) is 49.1 Å². The molecule has 1 aromatic carbocycles. The highest BCUT2D eigenvalue weighted by Gasteiger charge is 2.46. The third kappa shape index (κ3) is 3.48. The number of nitrogens with zero attached hydrogens (tertiary/aromatic N) is 1. The fourth-order valence-corrected chi connectivity index (χ4v) is 4.07. The minimum Gasteiger partial charge on any atom is -0.507 e. The zero-order valence-electron chi connectivity index (χ0n) is 15.4. The molecule has 1 fully saturated rings. The van der Waals surface area contributed by atoms with Gasteiger partial charge in [-0.2, -0.15) is 0 Å². The number of carbonyl (C=O) groups excluding carboxylic acids is 2. The first-order valence-electron chi connectivity index (χ1n) is 8.45. The summed E-state index contributed by atoms with van der Waals surface area (Å²) in [5.41, 5.74) is 1.39. The van der Waals surface area contributed by atoms with E-state index in [1.807, 2.05) is 24.4 Å². The van der Waals surface area contributed by atoms with Crippen molar-refractivity contribution in [2.75, 3.05) is 27.4 Å². The van der Waals surface area contributed by atoms with Crippen molar-refractivity contribution in [3.8, 4) is 5.75 Å². The van der Waals surface area contributed by atoms with Crippen LogP contribution in [0.1, 0.15) is 22.0 Å². The van der Waals surface area contributed by atoms with Crippen molar-refractivity contribution >= 4 is 28.8 Å². The molecule has 0 unspecified atom stereocenters. The summed E-state index contributed by atoms with van der Waals surface area (Å²) in [5.74, 6) is -0.813. The number of likely N-dealkylation sites (tertiary alicyclic amines) is 1. The Balaban J connectivity index is 2.12. The summed E-state index contributed by atoms with van der Waals surface area (Å²) in [5, 5.41) is 12.8. The van der Waals surface area contributed by atoms with E-state index in [4.69, 9.17) is 9.47 Å². The second kappa shape index (κ2) is 7.94. The van der Waals surface area contributed by atoms with Crippen molar-refractivity contribution in [2.45, 2.75) is 13.0 Å². The average molecular weight is 387 g/mol. The quantitative estimate of drug-likeness (QED) is 0.468. The number of thiophene rings is 1. The number of aryl methyl sites for hydroxylation is 1. The molecule has 142 valence electrons. The zero-order valence-corrected chi connectivity index (χ0v) is 16.2. The Morgan fingerprint density at radius 1 is 1.26 bits per heavy atom. The predicted octanol–water partition coefficient (Wildman–Crippen LogP) is 3.13. The van der Waals surface area contributed by atoms with Crippen LogP contribution >= 0.6 is 11.3 Å². The number of hydrogen-bond acceptors (Lipinski definition) is 6. The molecule has 6 nitrogen and oxygen atoms in total. The summed E-state index contributed by atoms with van der Waals surface area (Å²) in [6.45, 7) is 2.42. The molecule has 0 spiro atoms. The maximum absolute atomic E-state index is 12.7. The van der Waals surface area contributed by atoms with E-state index in [0.29, 0.717) is 17.9 Å². The predicted molar refractivity (Wildman–Crippen MR) is 103 cm³/mol. The topological polar surface area (TPSA) is 76.1 Å². The number of ketones is 1. The molecule has 0 saturated carbocycles. The Labute approximate surface area is 161 Å². The van der Waals surface area contributed by atoms with Gasteiger partial charge in [-0.05, 0) is 42.1 Å². The smallest absolute Gasteiger partial charge is 0.295 e. The molecule has 1 aliphatic rings. The van der Waals surface area contributed by atoms with E-state index in [-0.39, 0.29) is 17.9 Å². The molecular formula is C20H21NO5S. The Morgan fingerprint density at radius 3 is 2.63 bits per heavy atom. The lowest BCUT2D eigenvalue weighted by Gasteiger charge is -2.23. The number of aliphatic hydroxyl groups is 1. The maximum atomic E-state index is 12.7. The number of rotatable bonds is 6. The lowest BCUT2D eigenvalue weighted by Crippen LogP contribution is -2.32. The molecule has 2 heterocycles. The molecule has 1 aromatic heterocycles. The van der Waals surface area contributed by atoms with E-state index in [9.17, 15) is 14.7 Å². The molecule has 0 radical (unpaired) electrons. The molecule has 3 rings (SSSR count). The number of benzene rings is 1. The molecule has 1 amide bonds. The van der Waals surface area contributed by atoms with Gasteiger partial charge in [0.25, 0.3) is 11.7 Å². The highest BCUT2D eigenvalue weighted by atomic mass is 32.1. The van der Waals surface area contributed by atoms with Crippen molar-refractivity contribution < 1.29 is 24.2 Å². The molecule has 7 heteroatoms. The monoisotopic (exact) mass is 387 g/mol. The van der Waals surface area contributed by atoms with E-state index < -0.39 is 17.7 Å². The molecule has 2 aromatic rings. The summed E-state index contributed by atoms with van der Waals surface area (Å²) in [6.07, 6.45) is 0. The van der Waals surface area contributed by atoms with Crippen LogP contribution in [0.15, 0.2) is 41.3 Å². The lowest BCUT2D eigenvalue weighted by atomic mass is 9.99. The van der Waals surface area contributed by atoms with Crippen LogP contribution in [0, 0.1) is 6.92 Å². The van der Waals surface area contributed by atoms with Gasteiger partial charge in [-0.1, -0.05) is 6.07 Å². The van der Waals surface area contributed by atoms with Crippen LogP contribution in [0.3, 0.4) is 0 Å². The van der Waals surface area contributed by atoms with Gasteiger partial charge in [0, 0.05) is 24.1 Å². The second-order valence-corrected chi connectivity index (χ2v) is 7.16. The van der Waals surface area contributed by atoms with E-state index >= 15 is 0 Å². The van der Waals surface area contributed by atoms with Crippen LogP contribution in [0.4, 0.5) is 0 Å². The number of amides is 1. The van der Waals surface area contributed by atoms with Crippen molar-refractivity contribution in [3.63, 3.8) is 0 Å². The standard InChI is InChI=1S/C20H21NO5S/c1-12-11-13(6-7-14(12)26-3)18(22)16-17(15-5-4-10-27-15)21(8-9-25-2)20(24)19(16)23/h4-7,10-11,17,22H,8-9H2,1-3H3/b18-16+/t17-/m0/s1. The van der Waals surface area contributed by atoms with Crippen molar-refractivity contribution in [3.05, 3.63) is 57.3 Å². The highest BCUT2D eigenvalue weighted by Crippen LogP contribution is 2.41. The average Bonchev–Trinajstić information content (AvgIpc) is 3.27. The third-order valence-electron chi connectivity index (χ3n) is 4.56. The summed E-state index contributed by atoms with van der Waals surface area (Å²) in [7, 11) is 3.11. The minimum absolute atomic E-state index is 0.100. The lowest BCUT2D eigenvalue weighted by molar-refractivity contribution is -0.140. The molecule has 0 bridgehead atoms. The van der Waals surface area contributed by atoms with Crippen LogP contribution in [0.2, 0.25) is 0 Å². The number of aliphatic hydroxyl groups excluding tert-OH is 1. The number of carbonyl (C=O) groups is 2. The minimum atomic E-state index is -0.685. The van der Waals surface area contributed by atoms with Crippen LogP contribution in [0.5, 0.6) is 5.75 Å². The van der Waals surface area contributed by atoms with Gasteiger partial charge in [-0.25, -0.2) is 0 Å². The second-order valence-electron chi connectivity index (χ2n) is 6.19. The largest absolute Gasteiger partial charge is 0.507 e. The van der Waals surface area contributed by atoms with Crippen LogP contribution < -0.4 is 4.74 Å². The van der Waals surface area contributed by atoms with Gasteiger partial charge >= 0.3 is 0 Å². The zero-order chi connectivity index (χ0) is 19.6. The Bertz CT molecular complexity index is 888. The Hall–Kier alpha value is -2.64. The van der Waals surface area contributed by atoms with Gasteiger partial charge < -0.3 is 19.5 Å². The van der Waals surface area contributed by atoms with E-state index in [2.05, 4.69) is 0 Å². The van der Waals surface area contributed by atoms with Gasteiger partial charge in [0.2, 0.25) is 0 Å². The number of ether oxygens (including phenoxy) is 2. The summed E-state index contributed by atoms with van der Waals surface area (Å²) >= 11 is 1.43. The molecular weight excluding hydrogens is 366 g/mol. The van der Waals surface area contributed by atoms with Crippen molar-refractivity contribution in [2.24, 2.45) is 0 Å². The Kier molecular flexibility index (Phi) is 5.62. The summed E-state index contributed by atoms with van der Waals surface area (Å²) in [6, 6.07) is 8.23. The number of hydrogen-bond donors (Lipinski definition) is 1. The molecule has 0 aliphatic carbocycles. The summed E-state index contributed by atoms with van der Waals surface area (Å²) < 4.78 is 10.3. The van der Waals surface area contributed by atoms with Crippen LogP contribution in [0.25, 0.3) is 5.76 Å². The first kappa shape index (κ1) is 19.1. The maximum Gasteiger partial charge on any atom is 0.295 e. The Morgan fingerprint density at radius 2 is 2.04 bits per heavy atom. The van der Waals surface area contributed by atoms with Gasteiger partial charge in [0.05, 0.1) is 25.3 Å². The number of methoxy groups -OCH3 is 2. The first-order chi connectivity index (χ1) is 13.0. The normalized spacial score (nSPS) is 18.9. The van der Waals surface area contributed by atoms with E-state index in [1.165, 1.54) is 23.3 Å². The van der Waals surface area contributed by atoms with E-state index in [0.717, 1.165) is 10.4 Å². The molecule has 1 aliphatic heterocycles. The van der Waals surface area contributed by atoms with Gasteiger partial charge in [0.15, 0.2) is 0 Å². The fourth-order valence-electron chi connectivity index (χ4n) is 3.22.